The predicted octanol–water partition coefficient (Wildman–Crippen LogP) is 6.13. The molecule has 2 heteroatoms. The van der Waals surface area contributed by atoms with E-state index >= 15 is 0 Å². The lowest BCUT2D eigenvalue weighted by molar-refractivity contribution is 0.977. The van der Waals surface area contributed by atoms with Crippen molar-refractivity contribution in [3.8, 4) is 0 Å². The fourth-order valence-corrected chi connectivity index (χ4v) is 3.18. The van der Waals surface area contributed by atoms with Crippen LogP contribution in [0.25, 0.3) is 0 Å². The Morgan fingerprint density at radius 3 is 1.24 bits per heavy atom. The van der Waals surface area contributed by atoms with E-state index in [-0.39, 0.29) is 0 Å². The molecule has 0 saturated heterocycles. The fourth-order valence-electron chi connectivity index (χ4n) is 2.77. The molecular weight excluding hydrogens is 322 g/mol. The highest BCUT2D eigenvalue weighted by atomic mass is 32.2. The molecule has 0 radical (unpaired) electrons. The van der Waals surface area contributed by atoms with Gasteiger partial charge in [-0.2, -0.15) is 0 Å². The molecule has 0 amide bonds. The molecule has 0 bridgehead atoms. The summed E-state index contributed by atoms with van der Waals surface area (Å²) in [6, 6.07) is 32.0. The second-order valence-electron chi connectivity index (χ2n) is 5.59. The summed E-state index contributed by atoms with van der Waals surface area (Å²) < 4.78 is 2.93. The van der Waals surface area contributed by atoms with E-state index in [1.165, 1.54) is 16.7 Å². The third-order valence-corrected chi connectivity index (χ3v) is 4.45. The molecule has 1 N–H and O–H groups in total. The van der Waals surface area contributed by atoms with Crippen molar-refractivity contribution in [1.29, 1.82) is 0 Å². The van der Waals surface area contributed by atoms with Crippen molar-refractivity contribution in [3.05, 3.63) is 131 Å². The minimum atomic E-state index is 0.309. The van der Waals surface area contributed by atoms with E-state index in [0.717, 1.165) is 0 Å². The average Bonchev–Trinajstić information content (AvgIpc) is 2.72. The first-order chi connectivity index (χ1) is 12.4. The average molecular weight is 343 g/mol. The summed E-state index contributed by atoms with van der Waals surface area (Å²) in [4.78, 5) is 0. The van der Waals surface area contributed by atoms with Crippen LogP contribution in [-0.4, -0.2) is 0 Å². The summed E-state index contributed by atoms with van der Waals surface area (Å²) in [6.07, 6.45) is 5.84. The van der Waals surface area contributed by atoms with Crippen LogP contribution >= 0.6 is 11.9 Å². The molecule has 0 saturated carbocycles. The number of hydrogen-bond acceptors (Lipinski definition) is 2. The first-order valence-corrected chi connectivity index (χ1v) is 9.21. The summed E-state index contributed by atoms with van der Waals surface area (Å²) in [6.45, 7) is 0. The first-order valence-electron chi connectivity index (χ1n) is 8.33. The number of benzene rings is 3. The Kier molecular flexibility index (Phi) is 6.54. The molecule has 0 atom stereocenters. The number of hydrogen-bond donors (Lipinski definition) is 1. The van der Waals surface area contributed by atoms with Crippen LogP contribution in [0.1, 0.15) is 22.6 Å². The lowest BCUT2D eigenvalue weighted by Crippen LogP contribution is -2.02. The van der Waals surface area contributed by atoms with Crippen LogP contribution in [0.2, 0.25) is 0 Å². The highest BCUT2D eigenvalue weighted by Crippen LogP contribution is 2.31. The van der Waals surface area contributed by atoms with Crippen LogP contribution in [-0.2, 0) is 0 Å². The van der Waals surface area contributed by atoms with Gasteiger partial charge in [-0.15, -0.1) is 0 Å². The van der Waals surface area contributed by atoms with E-state index < -0.39 is 0 Å². The van der Waals surface area contributed by atoms with Gasteiger partial charge in [0, 0.05) is 12.1 Å². The number of nitrogens with one attached hydrogen (secondary N) is 1. The van der Waals surface area contributed by atoms with Gasteiger partial charge in [0.1, 0.15) is 0 Å². The van der Waals surface area contributed by atoms with E-state index in [9.17, 15) is 0 Å². The highest BCUT2D eigenvalue weighted by Gasteiger charge is 2.15. The van der Waals surface area contributed by atoms with Crippen molar-refractivity contribution in [3.63, 3.8) is 0 Å². The molecule has 124 valence electrons. The lowest BCUT2D eigenvalue weighted by Gasteiger charge is -2.18. The van der Waals surface area contributed by atoms with Crippen molar-refractivity contribution < 1.29 is 0 Å². The van der Waals surface area contributed by atoms with Crippen LogP contribution in [0.15, 0.2) is 115 Å². The van der Waals surface area contributed by atoms with Crippen molar-refractivity contribution in [1.82, 2.24) is 4.72 Å². The Morgan fingerprint density at radius 2 is 1.00 bits per heavy atom. The molecule has 0 aromatic heterocycles. The SMILES string of the molecule is C1=CNSC=C1.c1ccc(C(c2ccccc2)c2ccccc2)cc1. The van der Waals surface area contributed by atoms with Crippen molar-refractivity contribution in [2.45, 2.75) is 5.92 Å². The molecular formula is C23H21NS. The third kappa shape index (κ3) is 5.13. The molecule has 25 heavy (non-hydrogen) atoms. The monoisotopic (exact) mass is 343 g/mol. The molecule has 0 aliphatic carbocycles. The van der Waals surface area contributed by atoms with E-state index in [1.54, 1.807) is 11.9 Å². The zero-order valence-electron chi connectivity index (χ0n) is 14.0. The normalized spacial score (nSPS) is 12.2. The maximum absolute atomic E-state index is 2.93. The molecule has 1 aliphatic heterocycles. The largest absolute Gasteiger partial charge is 0.333 e. The fraction of sp³-hybridized carbons (Fsp3) is 0.0435. The van der Waals surface area contributed by atoms with Crippen molar-refractivity contribution in [2.75, 3.05) is 0 Å². The quantitative estimate of drug-likeness (QED) is 0.453. The minimum absolute atomic E-state index is 0.309. The van der Waals surface area contributed by atoms with E-state index in [2.05, 4.69) is 95.7 Å². The van der Waals surface area contributed by atoms with Gasteiger partial charge in [-0.3, -0.25) is 0 Å². The van der Waals surface area contributed by atoms with Crippen LogP contribution in [0.5, 0.6) is 0 Å². The van der Waals surface area contributed by atoms with Gasteiger partial charge in [0.15, 0.2) is 0 Å². The predicted molar refractivity (Wildman–Crippen MR) is 109 cm³/mol. The molecule has 0 spiro atoms. The summed E-state index contributed by atoms with van der Waals surface area (Å²) >= 11 is 1.58. The zero-order chi connectivity index (χ0) is 17.2. The second kappa shape index (κ2) is 9.55. The van der Waals surface area contributed by atoms with Gasteiger partial charge in [-0.1, -0.05) is 97.1 Å². The van der Waals surface area contributed by atoms with Crippen LogP contribution in [0.3, 0.4) is 0 Å². The van der Waals surface area contributed by atoms with Gasteiger partial charge < -0.3 is 4.72 Å². The smallest absolute Gasteiger partial charge is 0.0339 e. The van der Waals surface area contributed by atoms with E-state index in [1.807, 2.05) is 23.8 Å². The Balaban J connectivity index is 0.000000258. The van der Waals surface area contributed by atoms with Crippen LogP contribution < -0.4 is 4.72 Å². The van der Waals surface area contributed by atoms with Gasteiger partial charge in [0.05, 0.1) is 0 Å². The Hall–Kier alpha value is -2.71. The van der Waals surface area contributed by atoms with E-state index in [4.69, 9.17) is 0 Å². The van der Waals surface area contributed by atoms with Crippen molar-refractivity contribution >= 4 is 11.9 Å². The Bertz CT molecular complexity index is 689. The van der Waals surface area contributed by atoms with Crippen molar-refractivity contribution in [2.24, 2.45) is 0 Å². The molecule has 0 unspecified atom stereocenters. The minimum Gasteiger partial charge on any atom is -0.333 e. The highest BCUT2D eigenvalue weighted by molar-refractivity contribution is 8.00. The standard InChI is InChI=1S/C19H16.C4H5NS/c1-4-10-16(11-5-1)19(17-12-6-2-7-13-17)18-14-8-3-9-15-18;1-2-4-6-5-3-1/h1-15,19H;1-5H. The van der Waals surface area contributed by atoms with Gasteiger partial charge in [-0.25, -0.2) is 0 Å². The summed E-state index contributed by atoms with van der Waals surface area (Å²) in [7, 11) is 0. The summed E-state index contributed by atoms with van der Waals surface area (Å²) in [5, 5.41) is 1.99. The van der Waals surface area contributed by atoms with Gasteiger partial charge in [0.2, 0.25) is 0 Å². The molecule has 1 aliphatic rings. The van der Waals surface area contributed by atoms with Gasteiger partial charge >= 0.3 is 0 Å². The maximum Gasteiger partial charge on any atom is 0.0339 e. The topological polar surface area (TPSA) is 12.0 Å². The molecule has 3 aromatic rings. The molecule has 4 rings (SSSR count). The summed E-state index contributed by atoms with van der Waals surface area (Å²) in [5.74, 6) is 0.309. The Labute approximate surface area is 154 Å². The second-order valence-corrected chi connectivity index (χ2v) is 6.33. The molecule has 0 fully saturated rings. The summed E-state index contributed by atoms with van der Waals surface area (Å²) in [5.41, 5.74) is 4.00. The van der Waals surface area contributed by atoms with E-state index in [0.29, 0.717) is 5.92 Å². The third-order valence-electron chi connectivity index (χ3n) is 3.89. The maximum atomic E-state index is 2.93. The number of allylic oxidation sites excluding steroid dienone is 2. The van der Waals surface area contributed by atoms with Crippen LogP contribution in [0.4, 0.5) is 0 Å². The lowest BCUT2D eigenvalue weighted by atomic mass is 9.85. The molecule has 3 aromatic carbocycles. The Morgan fingerprint density at radius 1 is 0.560 bits per heavy atom. The molecule has 1 heterocycles. The van der Waals surface area contributed by atoms with Crippen LogP contribution in [0, 0.1) is 0 Å². The van der Waals surface area contributed by atoms with Gasteiger partial charge in [0.25, 0.3) is 0 Å². The first kappa shape index (κ1) is 17.1. The molecule has 1 nitrogen and oxygen atoms in total. The zero-order valence-corrected chi connectivity index (χ0v) is 14.8. The van der Waals surface area contributed by atoms with Gasteiger partial charge in [-0.05, 0) is 40.1 Å². The number of rotatable bonds is 3.